The van der Waals surface area contributed by atoms with Gasteiger partial charge in [0.2, 0.25) is 0 Å². The highest BCUT2D eigenvalue weighted by Gasteiger charge is 2.16. The molecule has 0 N–H and O–H groups in total. The lowest BCUT2D eigenvalue weighted by atomic mass is 10.1. The van der Waals surface area contributed by atoms with Crippen molar-refractivity contribution in [2.45, 2.75) is 20.0 Å². The lowest BCUT2D eigenvalue weighted by Crippen LogP contribution is -2.09. The normalized spacial score (nSPS) is 10.7. The number of nitrogens with zero attached hydrogens (tertiary/aromatic N) is 1. The molecule has 0 saturated heterocycles. The van der Waals surface area contributed by atoms with Crippen LogP contribution in [0.1, 0.15) is 16.8 Å². The minimum absolute atomic E-state index is 0.0754. The van der Waals surface area contributed by atoms with Crippen LogP contribution in [0.3, 0.4) is 0 Å². The number of carbonyl (C=O) groups excluding carboxylic acids is 1. The summed E-state index contributed by atoms with van der Waals surface area (Å²) >= 11 is 0. The van der Waals surface area contributed by atoms with Gasteiger partial charge in [0.15, 0.2) is 17.3 Å². The fourth-order valence-corrected chi connectivity index (χ4v) is 2.56. The predicted molar refractivity (Wildman–Crippen MR) is 93.1 cm³/mol. The largest absolute Gasteiger partial charge is 0.494 e. The third-order valence-corrected chi connectivity index (χ3v) is 4.06. The van der Waals surface area contributed by atoms with E-state index in [9.17, 15) is 13.6 Å². The summed E-state index contributed by atoms with van der Waals surface area (Å²) in [5.74, 6) is -0.818. The summed E-state index contributed by atoms with van der Waals surface area (Å²) in [5.41, 5.74) is 2.31. The molecule has 0 saturated carbocycles. The number of ether oxygens (including phenoxy) is 2. The van der Waals surface area contributed by atoms with Gasteiger partial charge >= 0.3 is 5.97 Å². The number of carbonyl (C=O) groups is 1. The third-order valence-electron chi connectivity index (χ3n) is 4.06. The summed E-state index contributed by atoms with van der Waals surface area (Å²) in [6.07, 6.45) is -0.0807. The maximum Gasteiger partial charge on any atom is 0.310 e. The Balaban J connectivity index is 1.62. The van der Waals surface area contributed by atoms with Crippen LogP contribution < -0.4 is 4.74 Å². The molecule has 140 valence electrons. The Hall–Kier alpha value is -3.22. The van der Waals surface area contributed by atoms with Gasteiger partial charge < -0.3 is 14.0 Å². The standard InChI is InChI=1S/C20H17F2NO4/c1-12-17(23-27-20(12)14-4-6-15(21)7-5-14)11-26-19(24)10-13-3-8-18(25-2)16(22)9-13/h3-9H,10-11H2,1-2H3. The molecular formula is C20H17F2NO4. The highest BCUT2D eigenvalue weighted by Crippen LogP contribution is 2.26. The lowest BCUT2D eigenvalue weighted by Gasteiger charge is -2.06. The van der Waals surface area contributed by atoms with Gasteiger partial charge in [-0.25, -0.2) is 8.78 Å². The highest BCUT2D eigenvalue weighted by molar-refractivity contribution is 5.72. The number of aromatic nitrogens is 1. The number of methoxy groups -OCH3 is 1. The molecule has 0 atom stereocenters. The summed E-state index contributed by atoms with van der Waals surface area (Å²) in [6, 6.07) is 10.1. The van der Waals surface area contributed by atoms with Crippen LogP contribution >= 0.6 is 0 Å². The minimum atomic E-state index is -0.543. The van der Waals surface area contributed by atoms with Crippen molar-refractivity contribution in [3.63, 3.8) is 0 Å². The molecule has 3 aromatic rings. The number of benzene rings is 2. The van der Waals surface area contributed by atoms with Crippen molar-refractivity contribution < 1.29 is 27.6 Å². The van der Waals surface area contributed by atoms with E-state index in [1.54, 1.807) is 25.1 Å². The second kappa shape index (κ2) is 7.99. The topological polar surface area (TPSA) is 61.6 Å². The van der Waals surface area contributed by atoms with Crippen molar-refractivity contribution in [2.24, 2.45) is 0 Å². The zero-order valence-corrected chi connectivity index (χ0v) is 14.8. The fraction of sp³-hybridized carbons (Fsp3) is 0.200. The highest BCUT2D eigenvalue weighted by atomic mass is 19.1. The van der Waals surface area contributed by atoms with Gasteiger partial charge in [-0.1, -0.05) is 11.2 Å². The molecule has 0 spiro atoms. The van der Waals surface area contributed by atoms with E-state index in [0.29, 0.717) is 28.1 Å². The van der Waals surface area contributed by atoms with Crippen LogP contribution in [0.25, 0.3) is 11.3 Å². The van der Waals surface area contributed by atoms with Gasteiger partial charge in [0, 0.05) is 11.1 Å². The van der Waals surface area contributed by atoms with Crippen molar-refractivity contribution in [1.82, 2.24) is 5.16 Å². The Labute approximate surface area is 154 Å². The Morgan fingerprint density at radius 2 is 1.89 bits per heavy atom. The van der Waals surface area contributed by atoms with Crippen molar-refractivity contribution in [1.29, 1.82) is 0 Å². The first-order valence-electron chi connectivity index (χ1n) is 8.17. The van der Waals surface area contributed by atoms with E-state index in [1.165, 1.54) is 31.4 Å². The molecule has 2 aromatic carbocycles. The number of esters is 1. The van der Waals surface area contributed by atoms with Gasteiger partial charge in [-0.2, -0.15) is 0 Å². The quantitative estimate of drug-likeness (QED) is 0.606. The zero-order valence-electron chi connectivity index (χ0n) is 14.8. The van der Waals surface area contributed by atoms with E-state index >= 15 is 0 Å². The number of hydrogen-bond donors (Lipinski definition) is 0. The smallest absolute Gasteiger partial charge is 0.310 e. The molecule has 0 bridgehead atoms. The lowest BCUT2D eigenvalue weighted by molar-refractivity contribution is -0.144. The molecule has 0 unspecified atom stereocenters. The average molecular weight is 373 g/mol. The van der Waals surface area contributed by atoms with Crippen molar-refractivity contribution in [3.8, 4) is 17.1 Å². The fourth-order valence-electron chi connectivity index (χ4n) is 2.56. The number of halogens is 2. The maximum absolute atomic E-state index is 13.7. The van der Waals surface area contributed by atoms with E-state index < -0.39 is 11.8 Å². The van der Waals surface area contributed by atoms with Gasteiger partial charge in [0.1, 0.15) is 18.1 Å². The van der Waals surface area contributed by atoms with Crippen LogP contribution in [0.5, 0.6) is 5.75 Å². The first kappa shape index (κ1) is 18.6. The van der Waals surface area contributed by atoms with E-state index in [2.05, 4.69) is 5.16 Å². The molecule has 0 aliphatic rings. The molecule has 1 heterocycles. The SMILES string of the molecule is COc1ccc(CC(=O)OCc2noc(-c3ccc(F)cc3)c2C)cc1F. The molecule has 7 heteroatoms. The maximum atomic E-state index is 13.7. The molecule has 5 nitrogen and oxygen atoms in total. The number of rotatable bonds is 6. The van der Waals surface area contributed by atoms with Crippen LogP contribution in [0.2, 0.25) is 0 Å². The molecule has 0 amide bonds. The van der Waals surface area contributed by atoms with Crippen LogP contribution in [0.4, 0.5) is 8.78 Å². The van der Waals surface area contributed by atoms with E-state index in [-0.39, 0.29) is 24.6 Å². The summed E-state index contributed by atoms with van der Waals surface area (Å²) in [6.45, 7) is 1.70. The van der Waals surface area contributed by atoms with E-state index in [0.717, 1.165) is 0 Å². The van der Waals surface area contributed by atoms with Crippen LogP contribution in [-0.2, 0) is 22.6 Å². The Kier molecular flexibility index (Phi) is 5.49. The second-order valence-corrected chi connectivity index (χ2v) is 5.90. The summed E-state index contributed by atoms with van der Waals surface area (Å²) in [5, 5.41) is 3.91. The van der Waals surface area contributed by atoms with Crippen LogP contribution in [0, 0.1) is 18.6 Å². The van der Waals surface area contributed by atoms with Crippen LogP contribution in [-0.4, -0.2) is 18.2 Å². The van der Waals surface area contributed by atoms with E-state index in [1.807, 2.05) is 0 Å². The molecule has 0 fully saturated rings. The van der Waals surface area contributed by atoms with Crippen LogP contribution in [0.15, 0.2) is 47.0 Å². The van der Waals surface area contributed by atoms with Gasteiger partial charge in [-0.3, -0.25) is 4.79 Å². The third kappa shape index (κ3) is 4.31. The second-order valence-electron chi connectivity index (χ2n) is 5.90. The molecule has 3 rings (SSSR count). The summed E-state index contributed by atoms with van der Waals surface area (Å²) in [7, 11) is 1.37. The van der Waals surface area contributed by atoms with Crippen molar-refractivity contribution >= 4 is 5.97 Å². The molecule has 27 heavy (non-hydrogen) atoms. The van der Waals surface area contributed by atoms with Gasteiger partial charge in [0.25, 0.3) is 0 Å². The number of hydrogen-bond acceptors (Lipinski definition) is 5. The Morgan fingerprint density at radius 3 is 2.56 bits per heavy atom. The summed E-state index contributed by atoms with van der Waals surface area (Å²) < 4.78 is 42.0. The molecule has 0 aliphatic heterocycles. The molecule has 1 aromatic heterocycles. The van der Waals surface area contributed by atoms with Gasteiger partial charge in [-0.05, 0) is 48.9 Å². The van der Waals surface area contributed by atoms with Gasteiger partial charge in [-0.15, -0.1) is 0 Å². The average Bonchev–Trinajstić information content (AvgIpc) is 3.01. The Bertz CT molecular complexity index is 951. The minimum Gasteiger partial charge on any atom is -0.494 e. The predicted octanol–water partition coefficient (Wildman–Crippen LogP) is 4.22. The first-order chi connectivity index (χ1) is 13.0. The zero-order chi connectivity index (χ0) is 19.4. The van der Waals surface area contributed by atoms with Crippen molar-refractivity contribution in [3.05, 3.63) is 70.9 Å². The van der Waals surface area contributed by atoms with Gasteiger partial charge in [0.05, 0.1) is 13.5 Å². The monoisotopic (exact) mass is 373 g/mol. The first-order valence-corrected chi connectivity index (χ1v) is 8.17. The molecular weight excluding hydrogens is 356 g/mol. The molecule has 0 radical (unpaired) electrons. The molecule has 0 aliphatic carbocycles. The van der Waals surface area contributed by atoms with E-state index in [4.69, 9.17) is 14.0 Å². The summed E-state index contributed by atoms with van der Waals surface area (Å²) in [4.78, 5) is 12.0. The Morgan fingerprint density at radius 1 is 1.15 bits per heavy atom. The van der Waals surface area contributed by atoms with Crippen molar-refractivity contribution in [2.75, 3.05) is 7.11 Å².